The summed E-state index contributed by atoms with van der Waals surface area (Å²) in [5.41, 5.74) is 5.75. The van der Waals surface area contributed by atoms with Gasteiger partial charge in [0.1, 0.15) is 11.4 Å². The molecule has 0 atom stereocenters. The van der Waals surface area contributed by atoms with Gasteiger partial charge in [-0.25, -0.2) is 0 Å². The van der Waals surface area contributed by atoms with Gasteiger partial charge in [-0.15, -0.1) is 0 Å². The minimum Gasteiger partial charge on any atom is -0.496 e. The highest BCUT2D eigenvalue weighted by molar-refractivity contribution is 6.36. The summed E-state index contributed by atoms with van der Waals surface area (Å²) in [4.78, 5) is 28.4. The number of amides is 2. The second-order valence-corrected chi connectivity index (χ2v) is 8.55. The third kappa shape index (κ3) is 4.37. The number of nitrogens with zero attached hydrogens (tertiary/aromatic N) is 1. The summed E-state index contributed by atoms with van der Waals surface area (Å²) in [7, 11) is 1.57. The number of carbonyl (C=O) groups is 2. The van der Waals surface area contributed by atoms with Crippen LogP contribution in [-0.4, -0.2) is 23.8 Å². The molecule has 0 aliphatic carbocycles. The van der Waals surface area contributed by atoms with E-state index in [4.69, 9.17) is 16.3 Å². The van der Waals surface area contributed by atoms with Crippen LogP contribution >= 0.6 is 11.6 Å². The zero-order valence-corrected chi connectivity index (χ0v) is 19.8. The quantitative estimate of drug-likeness (QED) is 0.482. The molecule has 0 bridgehead atoms. The lowest BCUT2D eigenvalue weighted by Gasteiger charge is -2.17. The van der Waals surface area contributed by atoms with Crippen LogP contribution in [0.5, 0.6) is 5.75 Å². The van der Waals surface area contributed by atoms with Gasteiger partial charge in [0.05, 0.1) is 19.2 Å². The van der Waals surface area contributed by atoms with E-state index in [1.54, 1.807) is 13.2 Å². The molecule has 6 heteroatoms. The molecule has 0 fully saturated rings. The van der Waals surface area contributed by atoms with Crippen molar-refractivity contribution in [3.8, 4) is 5.75 Å². The normalized spacial score (nSPS) is 13.7. The molecule has 33 heavy (non-hydrogen) atoms. The first-order valence-electron chi connectivity index (χ1n) is 10.6. The van der Waals surface area contributed by atoms with Crippen LogP contribution in [-0.2, 0) is 16.1 Å². The Morgan fingerprint density at radius 2 is 1.61 bits per heavy atom. The summed E-state index contributed by atoms with van der Waals surface area (Å²) >= 11 is 6.29. The Labute approximate surface area is 198 Å². The highest BCUT2D eigenvalue weighted by Crippen LogP contribution is 2.34. The maximum Gasteiger partial charge on any atom is 0.278 e. The van der Waals surface area contributed by atoms with E-state index in [2.05, 4.69) is 5.32 Å². The molecular weight excluding hydrogens is 436 g/mol. The lowest BCUT2D eigenvalue weighted by molar-refractivity contribution is -0.137. The third-order valence-corrected chi connectivity index (χ3v) is 6.33. The summed E-state index contributed by atoms with van der Waals surface area (Å²) in [6.45, 7) is 6.01. The van der Waals surface area contributed by atoms with Crippen molar-refractivity contribution in [2.75, 3.05) is 12.4 Å². The van der Waals surface area contributed by atoms with Gasteiger partial charge < -0.3 is 10.1 Å². The molecule has 0 unspecified atom stereocenters. The van der Waals surface area contributed by atoms with Gasteiger partial charge in [-0.1, -0.05) is 54.1 Å². The van der Waals surface area contributed by atoms with Crippen molar-refractivity contribution in [1.29, 1.82) is 0 Å². The first-order valence-corrected chi connectivity index (χ1v) is 11.0. The smallest absolute Gasteiger partial charge is 0.278 e. The molecule has 3 aromatic carbocycles. The van der Waals surface area contributed by atoms with Crippen LogP contribution in [0.3, 0.4) is 0 Å². The van der Waals surface area contributed by atoms with E-state index in [-0.39, 0.29) is 18.1 Å². The molecule has 4 rings (SSSR count). The van der Waals surface area contributed by atoms with Crippen molar-refractivity contribution in [1.82, 2.24) is 4.90 Å². The summed E-state index contributed by atoms with van der Waals surface area (Å²) in [6.07, 6.45) is 0. The van der Waals surface area contributed by atoms with Gasteiger partial charge in [-0.05, 0) is 61.2 Å². The fraction of sp³-hybridized carbons (Fsp3) is 0.185. The predicted octanol–water partition coefficient (Wildman–Crippen LogP) is 5.67. The highest BCUT2D eigenvalue weighted by atomic mass is 35.5. The van der Waals surface area contributed by atoms with Crippen LogP contribution in [0.2, 0.25) is 5.02 Å². The van der Waals surface area contributed by atoms with Crippen molar-refractivity contribution in [2.24, 2.45) is 0 Å². The maximum atomic E-state index is 13.6. The molecule has 1 heterocycles. The molecule has 0 radical (unpaired) electrons. The minimum absolute atomic E-state index is 0.107. The molecular formula is C27H25ClN2O3. The number of carbonyl (C=O) groups excluding carboxylic acids is 2. The molecule has 1 aliphatic heterocycles. The standard InChI is InChI=1S/C27H25ClN2O3/c1-16-9-11-19(13-18(16)3)24-25(29-21-12-10-17(2)22(28)14-21)27(32)30(26(24)31)15-20-7-5-6-8-23(20)33-4/h5-14,29H,15H2,1-4H3. The number of hydrogen-bond acceptors (Lipinski definition) is 4. The molecule has 0 saturated heterocycles. The molecule has 1 aliphatic rings. The van der Waals surface area contributed by atoms with Gasteiger partial charge in [0.15, 0.2) is 0 Å². The van der Waals surface area contributed by atoms with E-state index in [1.807, 2.05) is 75.4 Å². The first kappa shape index (κ1) is 22.6. The van der Waals surface area contributed by atoms with Crippen LogP contribution < -0.4 is 10.1 Å². The monoisotopic (exact) mass is 460 g/mol. The number of para-hydroxylation sites is 1. The number of imide groups is 1. The third-order valence-electron chi connectivity index (χ3n) is 5.93. The number of benzene rings is 3. The fourth-order valence-corrected chi connectivity index (χ4v) is 4.00. The Morgan fingerprint density at radius 3 is 2.30 bits per heavy atom. The largest absolute Gasteiger partial charge is 0.496 e. The number of aryl methyl sites for hydroxylation is 3. The van der Waals surface area contributed by atoms with Crippen molar-refractivity contribution in [2.45, 2.75) is 27.3 Å². The van der Waals surface area contributed by atoms with E-state index in [0.29, 0.717) is 27.6 Å². The lowest BCUT2D eigenvalue weighted by atomic mass is 9.99. The van der Waals surface area contributed by atoms with Crippen LogP contribution in [0, 0.1) is 20.8 Å². The summed E-state index contributed by atoms with van der Waals surface area (Å²) in [5.74, 6) is -0.122. The van der Waals surface area contributed by atoms with E-state index < -0.39 is 5.91 Å². The second-order valence-electron chi connectivity index (χ2n) is 8.15. The average molecular weight is 461 g/mol. The van der Waals surface area contributed by atoms with Crippen molar-refractivity contribution in [3.05, 3.63) is 99.2 Å². The molecule has 0 aromatic heterocycles. The Hall–Kier alpha value is -3.57. The predicted molar refractivity (Wildman–Crippen MR) is 131 cm³/mol. The van der Waals surface area contributed by atoms with Gasteiger partial charge in [0, 0.05) is 16.3 Å². The molecule has 168 valence electrons. The number of halogens is 1. The van der Waals surface area contributed by atoms with Crippen molar-refractivity contribution >= 4 is 34.7 Å². The summed E-state index contributed by atoms with van der Waals surface area (Å²) in [6, 6.07) is 18.6. The van der Waals surface area contributed by atoms with Crippen molar-refractivity contribution in [3.63, 3.8) is 0 Å². The van der Waals surface area contributed by atoms with Crippen LogP contribution in [0.4, 0.5) is 5.69 Å². The highest BCUT2D eigenvalue weighted by Gasteiger charge is 2.39. The number of anilines is 1. The molecule has 3 aromatic rings. The van der Waals surface area contributed by atoms with E-state index in [1.165, 1.54) is 4.90 Å². The molecule has 1 N–H and O–H groups in total. The van der Waals surface area contributed by atoms with Gasteiger partial charge in [0.25, 0.3) is 11.8 Å². The van der Waals surface area contributed by atoms with E-state index in [0.717, 1.165) is 22.3 Å². The van der Waals surface area contributed by atoms with Crippen molar-refractivity contribution < 1.29 is 14.3 Å². The number of nitrogens with one attached hydrogen (secondary N) is 1. The number of methoxy groups -OCH3 is 1. The molecule has 2 amide bonds. The Kier molecular flexibility index (Phi) is 6.25. The summed E-state index contributed by atoms with van der Waals surface area (Å²) in [5, 5.41) is 3.75. The van der Waals surface area contributed by atoms with E-state index >= 15 is 0 Å². The lowest BCUT2D eigenvalue weighted by Crippen LogP contribution is -2.32. The Balaban J connectivity index is 1.78. The Morgan fingerprint density at radius 1 is 0.879 bits per heavy atom. The summed E-state index contributed by atoms with van der Waals surface area (Å²) < 4.78 is 5.42. The van der Waals surface area contributed by atoms with E-state index in [9.17, 15) is 9.59 Å². The maximum absolute atomic E-state index is 13.6. The average Bonchev–Trinajstić information content (AvgIpc) is 3.02. The minimum atomic E-state index is -0.393. The Bertz CT molecular complexity index is 1300. The van der Waals surface area contributed by atoms with Gasteiger partial charge in [0.2, 0.25) is 0 Å². The van der Waals surface area contributed by atoms with Gasteiger partial charge >= 0.3 is 0 Å². The zero-order valence-electron chi connectivity index (χ0n) is 19.0. The molecule has 0 saturated carbocycles. The van der Waals surface area contributed by atoms with Gasteiger partial charge in [-0.3, -0.25) is 14.5 Å². The molecule has 0 spiro atoms. The first-order chi connectivity index (χ1) is 15.8. The fourth-order valence-electron chi connectivity index (χ4n) is 3.82. The van der Waals surface area contributed by atoms with Crippen LogP contribution in [0.15, 0.2) is 66.4 Å². The molecule has 5 nitrogen and oxygen atoms in total. The number of ether oxygens (including phenoxy) is 1. The number of hydrogen-bond donors (Lipinski definition) is 1. The SMILES string of the molecule is COc1ccccc1CN1C(=O)C(Nc2ccc(C)c(Cl)c2)=C(c2ccc(C)c(C)c2)C1=O. The zero-order chi connectivity index (χ0) is 23.7. The van der Waals surface area contributed by atoms with Gasteiger partial charge in [-0.2, -0.15) is 0 Å². The van der Waals surface area contributed by atoms with Crippen LogP contribution in [0.1, 0.15) is 27.8 Å². The van der Waals surface area contributed by atoms with Crippen LogP contribution in [0.25, 0.3) is 5.57 Å². The second kappa shape index (κ2) is 9.12. The topological polar surface area (TPSA) is 58.6 Å². The number of rotatable bonds is 6.